The second-order valence-electron chi connectivity index (χ2n) is 7.89. The first-order chi connectivity index (χ1) is 19.4. The van der Waals surface area contributed by atoms with Gasteiger partial charge in [-0.05, 0) is 44.8 Å². The molecular formula is C27H26FN7O5. The molecule has 0 spiro atoms. The van der Waals surface area contributed by atoms with Gasteiger partial charge in [-0.3, -0.25) is 9.79 Å². The van der Waals surface area contributed by atoms with Gasteiger partial charge in [0.1, 0.15) is 17.3 Å². The molecule has 0 aliphatic heterocycles. The van der Waals surface area contributed by atoms with Gasteiger partial charge in [0.05, 0.1) is 51.3 Å². The fraction of sp³-hybridized carbons (Fsp3) is 0.185. The minimum Gasteiger partial charge on any atom is -0.493 e. The van der Waals surface area contributed by atoms with E-state index in [1.165, 1.54) is 37.5 Å². The third-order valence-corrected chi connectivity index (χ3v) is 5.44. The van der Waals surface area contributed by atoms with Gasteiger partial charge in [-0.2, -0.15) is 9.49 Å². The van der Waals surface area contributed by atoms with Crippen molar-refractivity contribution >= 4 is 29.9 Å². The predicted molar refractivity (Wildman–Crippen MR) is 146 cm³/mol. The highest BCUT2D eigenvalue weighted by molar-refractivity contribution is 6.04. The van der Waals surface area contributed by atoms with E-state index in [1.807, 2.05) is 6.92 Å². The average molecular weight is 548 g/mol. The van der Waals surface area contributed by atoms with Crippen molar-refractivity contribution in [2.45, 2.75) is 13.8 Å². The molecule has 0 bridgehead atoms. The predicted octanol–water partition coefficient (Wildman–Crippen LogP) is 4.64. The first-order valence-electron chi connectivity index (χ1n) is 12.0. The van der Waals surface area contributed by atoms with Crippen molar-refractivity contribution in [2.24, 2.45) is 4.99 Å². The van der Waals surface area contributed by atoms with Crippen LogP contribution < -0.4 is 24.3 Å². The molecule has 0 fully saturated rings. The molecule has 12 nitrogen and oxygen atoms in total. The van der Waals surface area contributed by atoms with Crippen molar-refractivity contribution in [3.8, 4) is 28.8 Å². The molecule has 4 rings (SSSR count). The number of rotatable bonds is 11. The Morgan fingerprint density at radius 3 is 2.48 bits per heavy atom. The molecule has 3 aromatic heterocycles. The fourth-order valence-corrected chi connectivity index (χ4v) is 3.60. The number of methoxy groups -OCH3 is 2. The molecule has 0 atom stereocenters. The third-order valence-electron chi connectivity index (χ3n) is 5.44. The summed E-state index contributed by atoms with van der Waals surface area (Å²) in [6, 6.07) is 6.66. The van der Waals surface area contributed by atoms with Crippen molar-refractivity contribution in [3.63, 3.8) is 0 Å². The molecule has 0 unspecified atom stereocenters. The maximum Gasteiger partial charge on any atom is 0.281 e. The van der Waals surface area contributed by atoms with Gasteiger partial charge in [0.25, 0.3) is 5.91 Å². The molecule has 40 heavy (non-hydrogen) atoms. The molecule has 0 radical (unpaired) electrons. The molecule has 0 saturated heterocycles. The summed E-state index contributed by atoms with van der Waals surface area (Å²) >= 11 is 0. The van der Waals surface area contributed by atoms with E-state index in [-0.39, 0.29) is 23.1 Å². The second-order valence-corrected chi connectivity index (χ2v) is 7.89. The molecule has 0 aliphatic rings. The van der Waals surface area contributed by atoms with Crippen LogP contribution >= 0.6 is 0 Å². The van der Waals surface area contributed by atoms with Gasteiger partial charge in [-0.15, -0.1) is 0 Å². The number of hydrogen-bond donors (Lipinski definition) is 1. The monoisotopic (exact) mass is 547 g/mol. The van der Waals surface area contributed by atoms with Crippen LogP contribution in [0.1, 0.15) is 29.9 Å². The number of aliphatic imine (C=N–C) groups is 1. The summed E-state index contributed by atoms with van der Waals surface area (Å²) in [5, 5.41) is 6.91. The van der Waals surface area contributed by atoms with E-state index in [0.717, 1.165) is 6.20 Å². The van der Waals surface area contributed by atoms with Gasteiger partial charge >= 0.3 is 0 Å². The lowest BCUT2D eigenvalue weighted by atomic mass is 10.1. The second kappa shape index (κ2) is 12.5. The highest BCUT2D eigenvalue weighted by Crippen LogP contribution is 2.38. The van der Waals surface area contributed by atoms with E-state index in [2.05, 4.69) is 37.1 Å². The van der Waals surface area contributed by atoms with Crippen molar-refractivity contribution < 1.29 is 28.1 Å². The summed E-state index contributed by atoms with van der Waals surface area (Å²) in [5.74, 6) is 1.27. The number of ether oxygens (including phenoxy) is 4. The quantitative estimate of drug-likeness (QED) is 0.210. The van der Waals surface area contributed by atoms with Gasteiger partial charge in [0, 0.05) is 11.6 Å². The largest absolute Gasteiger partial charge is 0.493 e. The lowest BCUT2D eigenvalue weighted by Gasteiger charge is -2.15. The van der Waals surface area contributed by atoms with Gasteiger partial charge in [0.15, 0.2) is 28.8 Å². The Bertz CT molecular complexity index is 1540. The number of hydrogen-bond acceptors (Lipinski definition) is 10. The number of carbonyl (C=O) groups excluding carboxylic acids is 1. The van der Waals surface area contributed by atoms with Gasteiger partial charge in [0.2, 0.25) is 5.95 Å². The summed E-state index contributed by atoms with van der Waals surface area (Å²) in [6.07, 6.45) is 6.82. The Labute approximate surface area is 229 Å². The molecule has 4 aromatic rings. The number of halogens is 1. The van der Waals surface area contributed by atoms with Crippen molar-refractivity contribution in [1.29, 1.82) is 0 Å². The maximum absolute atomic E-state index is 13.1. The number of pyridine rings is 1. The summed E-state index contributed by atoms with van der Waals surface area (Å²) in [6.45, 7) is 7.51. The number of nitrogens with zero attached hydrogens (tertiary/aromatic N) is 6. The Balaban J connectivity index is 1.52. The number of allylic oxidation sites excluding steroid dienone is 1. The standard InChI is InChI=1S/C27H26FN7O5/c1-6-19(17-10-20(37-4)21(38-5)11-18(17)29-3)40-16-8-9-24(31-12-16)33-27(36)26-22(39-7-2)15-35(34-26)25-14-30-23(28)13-32-25/h6,8-15H,3,7H2,1-2,4-5H3,(H,31,33,36)/b19-6+. The zero-order valence-corrected chi connectivity index (χ0v) is 22.2. The third kappa shape index (κ3) is 6.04. The molecule has 1 aromatic carbocycles. The summed E-state index contributed by atoms with van der Waals surface area (Å²) in [5.41, 5.74) is 1.17. The van der Waals surface area contributed by atoms with Crippen LogP contribution in [-0.4, -0.2) is 58.2 Å². The number of aromatic nitrogens is 5. The number of nitrogens with one attached hydrogen (secondary N) is 1. The van der Waals surface area contributed by atoms with Crippen LogP contribution in [0.5, 0.6) is 23.0 Å². The van der Waals surface area contributed by atoms with Gasteiger partial charge < -0.3 is 24.3 Å². The SMILES string of the molecule is C=Nc1cc(OC)c(OC)cc1/C(=C\C)Oc1ccc(NC(=O)c2nn(-c3cnc(F)cn3)cc2OCC)nc1. The zero-order valence-electron chi connectivity index (χ0n) is 22.2. The summed E-state index contributed by atoms with van der Waals surface area (Å²) in [4.78, 5) is 28.8. The summed E-state index contributed by atoms with van der Waals surface area (Å²) in [7, 11) is 3.07. The Hall–Kier alpha value is -5.33. The Morgan fingerprint density at radius 1 is 1.10 bits per heavy atom. The van der Waals surface area contributed by atoms with Crippen LogP contribution in [0.2, 0.25) is 0 Å². The highest BCUT2D eigenvalue weighted by atomic mass is 19.1. The molecule has 3 heterocycles. The average Bonchev–Trinajstić information content (AvgIpc) is 3.40. The number of benzene rings is 1. The molecule has 0 saturated carbocycles. The molecule has 1 N–H and O–H groups in total. The normalized spacial score (nSPS) is 11.1. The molecule has 0 aliphatic carbocycles. The molecular weight excluding hydrogens is 521 g/mol. The first-order valence-corrected chi connectivity index (χ1v) is 12.0. The first kappa shape index (κ1) is 27.7. The summed E-state index contributed by atoms with van der Waals surface area (Å²) < 4.78 is 36.8. The Morgan fingerprint density at radius 2 is 1.88 bits per heavy atom. The number of anilines is 1. The van der Waals surface area contributed by atoms with Crippen molar-refractivity contribution in [3.05, 3.63) is 72.3 Å². The van der Waals surface area contributed by atoms with Crippen LogP contribution in [0, 0.1) is 5.95 Å². The lowest BCUT2D eigenvalue weighted by molar-refractivity contribution is 0.101. The number of amides is 1. The fourth-order valence-electron chi connectivity index (χ4n) is 3.60. The topological polar surface area (TPSA) is 135 Å². The van der Waals surface area contributed by atoms with Crippen LogP contribution in [0.4, 0.5) is 15.9 Å². The Kier molecular flexibility index (Phi) is 8.64. The van der Waals surface area contributed by atoms with Crippen LogP contribution in [0.25, 0.3) is 11.6 Å². The highest BCUT2D eigenvalue weighted by Gasteiger charge is 2.20. The lowest BCUT2D eigenvalue weighted by Crippen LogP contribution is -2.15. The smallest absolute Gasteiger partial charge is 0.281 e. The van der Waals surface area contributed by atoms with E-state index in [0.29, 0.717) is 40.9 Å². The zero-order chi connectivity index (χ0) is 28.6. The van der Waals surface area contributed by atoms with Crippen molar-refractivity contribution in [2.75, 3.05) is 26.1 Å². The van der Waals surface area contributed by atoms with Crippen molar-refractivity contribution in [1.82, 2.24) is 24.7 Å². The molecule has 1 amide bonds. The molecule has 13 heteroatoms. The van der Waals surface area contributed by atoms with Crippen LogP contribution in [0.15, 0.2) is 60.1 Å². The van der Waals surface area contributed by atoms with Gasteiger partial charge in [-0.25, -0.2) is 19.6 Å². The van der Waals surface area contributed by atoms with Crippen LogP contribution in [-0.2, 0) is 0 Å². The maximum atomic E-state index is 13.1. The van der Waals surface area contributed by atoms with E-state index in [1.54, 1.807) is 37.3 Å². The van der Waals surface area contributed by atoms with E-state index < -0.39 is 11.9 Å². The minimum atomic E-state index is -0.736. The minimum absolute atomic E-state index is 0.00999. The van der Waals surface area contributed by atoms with Crippen LogP contribution in [0.3, 0.4) is 0 Å². The van der Waals surface area contributed by atoms with E-state index in [9.17, 15) is 9.18 Å². The number of carbonyl (C=O) groups is 1. The molecule has 206 valence electrons. The van der Waals surface area contributed by atoms with E-state index in [4.69, 9.17) is 18.9 Å². The van der Waals surface area contributed by atoms with E-state index >= 15 is 0 Å². The van der Waals surface area contributed by atoms with Gasteiger partial charge in [-0.1, -0.05) is 0 Å².